The molecule has 528 valence electrons. The Balaban J connectivity index is 0.00000172. The quantitative estimate of drug-likeness (QED) is 0.0132. The van der Waals surface area contributed by atoms with Crippen molar-refractivity contribution in [2.45, 2.75) is 127 Å². The maximum Gasteiger partial charge on any atom is 0.338 e. The van der Waals surface area contributed by atoms with Crippen LogP contribution in [0.5, 0.6) is 0 Å². The molecule has 0 saturated carbocycles. The Labute approximate surface area is 581 Å². The van der Waals surface area contributed by atoms with E-state index in [2.05, 4.69) is 27.4 Å². The van der Waals surface area contributed by atoms with Crippen molar-refractivity contribution in [2.24, 2.45) is 0 Å². The third kappa shape index (κ3) is 23.0. The number of ether oxygens (including phenoxy) is 10. The highest BCUT2D eigenvalue weighted by molar-refractivity contribution is 7.45. The monoisotopic (exact) mass is 1390 g/mol. The topological polar surface area (TPSA) is 275 Å². The van der Waals surface area contributed by atoms with Gasteiger partial charge in [0, 0.05) is 0 Å². The minimum atomic E-state index is -5.54. The number of unbranched alkanes of at least 4 members (excludes halogenated alkanes) is 6. The van der Waals surface area contributed by atoms with E-state index in [4.69, 9.17) is 56.4 Å². The van der Waals surface area contributed by atoms with Crippen molar-refractivity contribution >= 4 is 49.6 Å². The predicted octanol–water partition coefficient (Wildman–Crippen LogP) is 11.0. The number of carbonyl (C=O) groups excluding carboxylic acids is 7. The smallest absolute Gasteiger partial charge is 0.338 e. The number of rotatable bonds is 33. The Kier molecular flexibility index (Phi) is 30.5. The van der Waals surface area contributed by atoms with Crippen LogP contribution in [-0.2, 0) is 61.0 Å². The molecule has 2 aliphatic heterocycles. The number of allylic oxidation sites excluding steroid dienone is 1. The minimum Gasteiger partial charge on any atom is -0.756 e. The van der Waals surface area contributed by atoms with Crippen LogP contribution in [0.25, 0.3) is 0 Å². The van der Waals surface area contributed by atoms with E-state index in [0.717, 1.165) is 32.1 Å². The molecule has 0 aliphatic carbocycles. The molecule has 0 bridgehead atoms. The molecule has 0 spiro atoms. The molecule has 0 aromatic heterocycles. The van der Waals surface area contributed by atoms with Gasteiger partial charge in [0.15, 0.2) is 36.8 Å². The van der Waals surface area contributed by atoms with Gasteiger partial charge in [0.1, 0.15) is 31.5 Å². The summed E-state index contributed by atoms with van der Waals surface area (Å²) in [6, 6.07) is 53.2. The Bertz CT molecular complexity index is 3720. The van der Waals surface area contributed by atoms with Gasteiger partial charge in [-0.15, -0.1) is 6.58 Å². The number of phosphoric ester groups is 1. The number of quaternary nitrogens is 1. The third-order valence-corrected chi connectivity index (χ3v) is 17.3. The van der Waals surface area contributed by atoms with Gasteiger partial charge in [-0.25, -0.2) is 33.6 Å². The molecule has 7 aromatic rings. The van der Waals surface area contributed by atoms with Crippen molar-refractivity contribution < 1.29 is 104 Å². The van der Waals surface area contributed by atoms with Crippen LogP contribution in [0.15, 0.2) is 225 Å². The van der Waals surface area contributed by atoms with Crippen LogP contribution in [0, 0.1) is 0 Å². The molecule has 22 nitrogen and oxygen atoms in total. The molecule has 23 heteroatoms. The van der Waals surface area contributed by atoms with E-state index in [-0.39, 0.29) is 52.0 Å². The summed E-state index contributed by atoms with van der Waals surface area (Å²) in [6.07, 6.45) is -13.4. The highest BCUT2D eigenvalue weighted by Gasteiger charge is 2.59. The average molecular weight is 1390 g/mol. The molecule has 9 rings (SSSR count). The first kappa shape index (κ1) is 76.3. The van der Waals surface area contributed by atoms with Crippen LogP contribution in [-0.4, -0.2) is 143 Å². The fourth-order valence-electron chi connectivity index (χ4n) is 10.8. The number of phosphoric acid groups is 1. The molecule has 7 aromatic carbocycles. The van der Waals surface area contributed by atoms with Crippen molar-refractivity contribution in [2.75, 3.05) is 39.5 Å². The van der Waals surface area contributed by atoms with E-state index in [0.29, 0.717) is 6.42 Å². The second-order valence-corrected chi connectivity index (χ2v) is 24.6. The third-order valence-electron chi connectivity index (χ3n) is 16.3. The van der Waals surface area contributed by atoms with Crippen LogP contribution in [0.2, 0.25) is 0 Å². The molecule has 11 atom stereocenters. The molecular weight excluding hydrogens is 1310 g/mol. The summed E-state index contributed by atoms with van der Waals surface area (Å²) >= 11 is 0. The fourth-order valence-corrected chi connectivity index (χ4v) is 11.7. The van der Waals surface area contributed by atoms with Crippen LogP contribution in [0.3, 0.4) is 0 Å². The van der Waals surface area contributed by atoms with Gasteiger partial charge in [-0.05, 0) is 125 Å². The summed E-state index contributed by atoms with van der Waals surface area (Å²) in [5.74, 6) is -7.22. The summed E-state index contributed by atoms with van der Waals surface area (Å²) in [5.41, 5.74) is -0.122. The first-order chi connectivity index (χ1) is 48.6. The summed E-state index contributed by atoms with van der Waals surface area (Å²) < 4.78 is 88.7. The SMILES string of the molecule is C=CCCCCCCCCOP(=O)([O-])O[C@H]1O[C@H](COC(=O)c2ccccc2)[C@@H](O[C@@H]2O[C@H](COC(=O)c3ccccc3)[C@H](OC(=O)c3ccccc3)[C@H](OC(=O)c3ccccc3)[C@@H]2OC(=O)c2ccccc2)[C@H](OC(=O)c2ccccc2)[C@@H]1OC(=O)c1ccccc1.CC[NH+](CC)CC. The first-order valence-electron chi connectivity index (χ1n) is 33.4. The van der Waals surface area contributed by atoms with E-state index < -0.39 is 124 Å². The molecular formula is C77H84NO21P. The Morgan fingerprint density at radius 2 is 0.690 bits per heavy atom. The standard InChI is InChI=1S/C71H69O21P.C6H15N/c1-2-3-4-5-6-7-8-30-45-83-93(79,80)92-71-62(90-69(78)54-43-28-15-29-44-54)60(88-67(76)52-39-24-13-25-40-52)58(56(85-71)47-82-64(73)49-33-18-10-19-34-49)91-70-61(89-68(77)53-41-26-14-27-42-53)59(87-66(75)51-37-22-12-23-38-51)57(86-65(74)50-35-20-11-21-36-50)55(84-70)46-81-63(72)48-31-16-9-17-32-48;1-4-7(5-2)6-3/h2,9-29,31-44,55-62,70-71H,1,3-8,30,45-47H2,(H,79,80);4-6H2,1-3H3/t55-,56-,57+,58-,59+,60+,61+,62+,70+,71-;/m1./s1. The van der Waals surface area contributed by atoms with Gasteiger partial charge >= 0.3 is 41.8 Å². The zero-order valence-corrected chi connectivity index (χ0v) is 56.9. The van der Waals surface area contributed by atoms with Gasteiger partial charge in [-0.3, -0.25) is 9.09 Å². The largest absolute Gasteiger partial charge is 0.756 e. The second-order valence-electron chi connectivity index (χ2n) is 23.2. The van der Waals surface area contributed by atoms with Crippen LogP contribution >= 0.6 is 7.82 Å². The minimum absolute atomic E-state index is 0.00332. The van der Waals surface area contributed by atoms with Crippen molar-refractivity contribution in [1.29, 1.82) is 0 Å². The second kappa shape index (κ2) is 39.9. The summed E-state index contributed by atoms with van der Waals surface area (Å²) in [6.45, 7) is 12.2. The molecule has 0 radical (unpaired) electrons. The maximum atomic E-state index is 14.8. The highest BCUT2D eigenvalue weighted by Crippen LogP contribution is 2.45. The van der Waals surface area contributed by atoms with Crippen molar-refractivity contribution in [1.82, 2.24) is 0 Å². The summed E-state index contributed by atoms with van der Waals surface area (Å²) in [5, 5.41) is 0. The van der Waals surface area contributed by atoms with Crippen molar-refractivity contribution in [3.63, 3.8) is 0 Å². The molecule has 2 heterocycles. The van der Waals surface area contributed by atoms with Gasteiger partial charge in [0.25, 0.3) is 7.82 Å². The number of hydrogen-bond acceptors (Lipinski definition) is 21. The highest BCUT2D eigenvalue weighted by atomic mass is 31.2. The van der Waals surface area contributed by atoms with E-state index >= 15 is 0 Å². The van der Waals surface area contributed by atoms with Crippen molar-refractivity contribution in [3.8, 4) is 0 Å². The number of nitrogens with one attached hydrogen (secondary N) is 1. The molecule has 100 heavy (non-hydrogen) atoms. The van der Waals surface area contributed by atoms with Gasteiger partial charge in [0.05, 0.1) is 65.2 Å². The number of carbonyl (C=O) groups is 7. The van der Waals surface area contributed by atoms with Crippen molar-refractivity contribution in [3.05, 3.63) is 264 Å². The lowest BCUT2D eigenvalue weighted by Gasteiger charge is -2.49. The molecule has 2 fully saturated rings. The molecule has 0 amide bonds. The summed E-state index contributed by atoms with van der Waals surface area (Å²) in [7, 11) is -5.54. The lowest BCUT2D eigenvalue weighted by molar-refractivity contribution is -0.894. The normalized spacial score (nSPS) is 20.7. The average Bonchev–Trinajstić information content (AvgIpc) is 0.761. The Hall–Kier alpha value is -9.48. The molecule has 1 unspecified atom stereocenters. The molecule has 2 aliphatic rings. The molecule has 2 saturated heterocycles. The van der Waals surface area contributed by atoms with Gasteiger partial charge in [0.2, 0.25) is 6.29 Å². The van der Waals surface area contributed by atoms with E-state index in [1.807, 2.05) is 6.08 Å². The fraction of sp³-hybridized carbons (Fsp3) is 0.338. The van der Waals surface area contributed by atoms with Crippen LogP contribution in [0.1, 0.15) is 138 Å². The zero-order chi connectivity index (χ0) is 71.1. The molecule has 1 N–H and O–H groups in total. The lowest BCUT2D eigenvalue weighted by atomic mass is 9.95. The lowest BCUT2D eigenvalue weighted by Crippen LogP contribution is -3.11. The van der Waals surface area contributed by atoms with E-state index in [1.165, 1.54) is 141 Å². The van der Waals surface area contributed by atoms with Gasteiger partial charge in [-0.1, -0.05) is 159 Å². The Morgan fingerprint density at radius 1 is 0.400 bits per heavy atom. The predicted molar refractivity (Wildman–Crippen MR) is 364 cm³/mol. The number of esters is 7. The summed E-state index contributed by atoms with van der Waals surface area (Å²) in [4.78, 5) is 117. The number of hydrogen-bond donors (Lipinski definition) is 1. The van der Waals surface area contributed by atoms with E-state index in [1.54, 1.807) is 95.9 Å². The van der Waals surface area contributed by atoms with Crippen LogP contribution < -0.4 is 9.79 Å². The maximum absolute atomic E-state index is 14.8. The van der Waals surface area contributed by atoms with E-state index in [9.17, 15) is 43.0 Å². The van der Waals surface area contributed by atoms with Crippen LogP contribution in [0.4, 0.5) is 0 Å². The Morgan fingerprint density at radius 3 is 1.04 bits per heavy atom. The number of benzene rings is 7. The first-order valence-corrected chi connectivity index (χ1v) is 34.8. The van der Waals surface area contributed by atoms with Gasteiger partial charge < -0.3 is 61.7 Å². The van der Waals surface area contributed by atoms with Gasteiger partial charge in [-0.2, -0.15) is 0 Å². The zero-order valence-electron chi connectivity index (χ0n) is 56.0.